The number of para-hydroxylation sites is 1. The summed E-state index contributed by atoms with van der Waals surface area (Å²) in [6.07, 6.45) is 4.69. The van der Waals surface area contributed by atoms with Crippen molar-refractivity contribution in [2.24, 2.45) is 11.7 Å². The third-order valence-corrected chi connectivity index (χ3v) is 3.90. The van der Waals surface area contributed by atoms with Crippen LogP contribution in [0.2, 0.25) is 0 Å². The van der Waals surface area contributed by atoms with Gasteiger partial charge in [-0.3, -0.25) is 0 Å². The molecule has 5 heteroatoms. The first-order chi connectivity index (χ1) is 10.3. The number of hydrogen-bond acceptors (Lipinski definition) is 4. The van der Waals surface area contributed by atoms with Crippen LogP contribution in [0.25, 0.3) is 0 Å². The predicted octanol–water partition coefficient (Wildman–Crippen LogP) is 2.00. The molecule has 1 fully saturated rings. The van der Waals surface area contributed by atoms with E-state index >= 15 is 0 Å². The molecule has 0 saturated carbocycles. The average Bonchev–Trinajstić information content (AvgIpc) is 3.19. The van der Waals surface area contributed by atoms with Gasteiger partial charge in [-0.05, 0) is 18.6 Å². The third-order valence-electron chi connectivity index (χ3n) is 3.90. The minimum Gasteiger partial charge on any atom is -0.492 e. The number of benzene rings is 1. The molecular weight excluding hydrogens is 266 g/mol. The zero-order chi connectivity index (χ0) is 14.5. The summed E-state index contributed by atoms with van der Waals surface area (Å²) in [5.41, 5.74) is 7.40. The number of nitrogens with zero attached hydrogens (tertiary/aromatic N) is 2. The minimum absolute atomic E-state index is 0.0216. The predicted molar refractivity (Wildman–Crippen MR) is 80.0 cm³/mol. The Kier molecular flexibility index (Phi) is 4.52. The van der Waals surface area contributed by atoms with Crippen LogP contribution < -0.4 is 10.5 Å². The third kappa shape index (κ3) is 3.43. The average molecular weight is 287 g/mol. The van der Waals surface area contributed by atoms with Gasteiger partial charge in [0.1, 0.15) is 12.4 Å². The van der Waals surface area contributed by atoms with Crippen molar-refractivity contribution >= 4 is 0 Å². The van der Waals surface area contributed by atoms with E-state index in [0.717, 1.165) is 37.6 Å². The van der Waals surface area contributed by atoms with E-state index in [1.807, 2.05) is 42.9 Å². The summed E-state index contributed by atoms with van der Waals surface area (Å²) >= 11 is 0. The zero-order valence-corrected chi connectivity index (χ0v) is 12.0. The van der Waals surface area contributed by atoms with Crippen LogP contribution in [0.4, 0.5) is 0 Å². The molecule has 1 aliphatic heterocycles. The van der Waals surface area contributed by atoms with Crippen LogP contribution in [0.1, 0.15) is 18.2 Å². The van der Waals surface area contributed by atoms with Crippen LogP contribution in [0.15, 0.2) is 42.9 Å². The monoisotopic (exact) mass is 287 g/mol. The topological polar surface area (TPSA) is 62.3 Å². The molecule has 1 aromatic carbocycles. The molecule has 2 aromatic rings. The molecule has 2 unspecified atom stereocenters. The zero-order valence-electron chi connectivity index (χ0n) is 12.0. The van der Waals surface area contributed by atoms with Crippen LogP contribution in [0, 0.1) is 5.92 Å². The Balaban J connectivity index is 1.57. The van der Waals surface area contributed by atoms with Crippen molar-refractivity contribution in [3.63, 3.8) is 0 Å². The molecule has 2 heterocycles. The van der Waals surface area contributed by atoms with Gasteiger partial charge in [0.2, 0.25) is 0 Å². The molecule has 1 aliphatic rings. The standard InChI is InChI=1S/C16H21N3O2/c17-16(13-6-8-20-11-13)15-10-18-12-19(15)7-9-21-14-4-2-1-3-5-14/h1-5,10,12-13,16H,6-9,11,17H2. The Morgan fingerprint density at radius 1 is 1.38 bits per heavy atom. The largest absolute Gasteiger partial charge is 0.492 e. The van der Waals surface area contributed by atoms with Crippen LogP contribution in [-0.4, -0.2) is 29.4 Å². The highest BCUT2D eigenvalue weighted by molar-refractivity contribution is 5.20. The number of imidazole rings is 1. The van der Waals surface area contributed by atoms with Crippen LogP contribution in [0.5, 0.6) is 5.75 Å². The number of nitrogens with two attached hydrogens (primary N) is 1. The Morgan fingerprint density at radius 2 is 2.24 bits per heavy atom. The fourth-order valence-electron chi connectivity index (χ4n) is 2.65. The Hall–Kier alpha value is -1.85. The number of rotatable bonds is 6. The number of ether oxygens (including phenoxy) is 2. The molecule has 0 aliphatic carbocycles. The molecular formula is C16H21N3O2. The maximum absolute atomic E-state index is 6.35. The lowest BCUT2D eigenvalue weighted by atomic mass is 9.97. The Morgan fingerprint density at radius 3 is 3.00 bits per heavy atom. The highest BCUT2D eigenvalue weighted by atomic mass is 16.5. The van der Waals surface area contributed by atoms with Crippen molar-refractivity contribution < 1.29 is 9.47 Å². The Bertz CT molecular complexity index is 550. The molecule has 1 aromatic heterocycles. The van der Waals surface area contributed by atoms with Gasteiger partial charge >= 0.3 is 0 Å². The summed E-state index contributed by atoms with van der Waals surface area (Å²) in [6, 6.07) is 9.80. The highest BCUT2D eigenvalue weighted by Gasteiger charge is 2.26. The van der Waals surface area contributed by atoms with Crippen LogP contribution >= 0.6 is 0 Å². The molecule has 0 amide bonds. The second kappa shape index (κ2) is 6.74. The molecule has 0 bridgehead atoms. The van der Waals surface area contributed by atoms with E-state index in [9.17, 15) is 0 Å². The maximum atomic E-state index is 6.35. The van der Waals surface area contributed by atoms with Gasteiger partial charge in [-0.1, -0.05) is 18.2 Å². The van der Waals surface area contributed by atoms with Gasteiger partial charge in [-0.2, -0.15) is 0 Å². The van der Waals surface area contributed by atoms with Gasteiger partial charge in [0.05, 0.1) is 31.2 Å². The van der Waals surface area contributed by atoms with Crippen molar-refractivity contribution in [2.75, 3.05) is 19.8 Å². The molecule has 2 atom stereocenters. The normalized spacial score (nSPS) is 19.6. The molecule has 3 rings (SSSR count). The van der Waals surface area contributed by atoms with E-state index in [4.69, 9.17) is 15.2 Å². The summed E-state index contributed by atoms with van der Waals surface area (Å²) in [4.78, 5) is 4.23. The summed E-state index contributed by atoms with van der Waals surface area (Å²) in [6.45, 7) is 2.89. The molecule has 0 radical (unpaired) electrons. The SMILES string of the molecule is NC(c1cncn1CCOc1ccccc1)C1CCOC1. The van der Waals surface area contributed by atoms with Gasteiger partial charge in [-0.25, -0.2) is 4.98 Å². The molecule has 5 nitrogen and oxygen atoms in total. The van der Waals surface area contributed by atoms with Gasteiger partial charge in [0.25, 0.3) is 0 Å². The summed E-state index contributed by atoms with van der Waals surface area (Å²) in [7, 11) is 0. The van der Waals surface area contributed by atoms with Crippen LogP contribution in [0.3, 0.4) is 0 Å². The molecule has 1 saturated heterocycles. The second-order valence-corrected chi connectivity index (χ2v) is 5.32. The van der Waals surface area contributed by atoms with Gasteiger partial charge in [0, 0.05) is 18.7 Å². The van der Waals surface area contributed by atoms with Crippen LogP contribution in [-0.2, 0) is 11.3 Å². The van der Waals surface area contributed by atoms with E-state index in [1.54, 1.807) is 0 Å². The first-order valence-corrected chi connectivity index (χ1v) is 7.36. The number of aromatic nitrogens is 2. The van der Waals surface area contributed by atoms with Crippen molar-refractivity contribution in [1.29, 1.82) is 0 Å². The molecule has 112 valence electrons. The van der Waals surface area contributed by atoms with Crippen molar-refractivity contribution in [3.8, 4) is 5.75 Å². The Labute approximate surface area is 124 Å². The minimum atomic E-state index is -0.0216. The van der Waals surface area contributed by atoms with Gasteiger partial charge in [0.15, 0.2) is 0 Å². The molecule has 2 N–H and O–H groups in total. The highest BCUT2D eigenvalue weighted by Crippen LogP contribution is 2.26. The smallest absolute Gasteiger partial charge is 0.119 e. The summed E-state index contributed by atoms with van der Waals surface area (Å²) in [5.74, 6) is 1.27. The van der Waals surface area contributed by atoms with Crippen molar-refractivity contribution in [1.82, 2.24) is 9.55 Å². The van der Waals surface area contributed by atoms with E-state index in [1.165, 1.54) is 0 Å². The quantitative estimate of drug-likeness (QED) is 0.882. The van der Waals surface area contributed by atoms with E-state index in [-0.39, 0.29) is 6.04 Å². The fraction of sp³-hybridized carbons (Fsp3) is 0.438. The van der Waals surface area contributed by atoms with E-state index in [2.05, 4.69) is 9.55 Å². The fourth-order valence-corrected chi connectivity index (χ4v) is 2.65. The lowest BCUT2D eigenvalue weighted by Gasteiger charge is -2.19. The van der Waals surface area contributed by atoms with Crippen molar-refractivity contribution in [2.45, 2.75) is 19.0 Å². The maximum Gasteiger partial charge on any atom is 0.119 e. The second-order valence-electron chi connectivity index (χ2n) is 5.32. The molecule has 0 spiro atoms. The van der Waals surface area contributed by atoms with E-state index < -0.39 is 0 Å². The van der Waals surface area contributed by atoms with Gasteiger partial charge in [-0.15, -0.1) is 0 Å². The summed E-state index contributed by atoms with van der Waals surface area (Å²) in [5, 5.41) is 0. The lowest BCUT2D eigenvalue weighted by Crippen LogP contribution is -2.25. The first kappa shape index (κ1) is 14.1. The lowest BCUT2D eigenvalue weighted by molar-refractivity contribution is 0.180. The summed E-state index contributed by atoms with van der Waals surface area (Å²) < 4.78 is 13.2. The number of hydrogen-bond donors (Lipinski definition) is 1. The van der Waals surface area contributed by atoms with Gasteiger partial charge < -0.3 is 19.8 Å². The molecule has 21 heavy (non-hydrogen) atoms. The first-order valence-electron chi connectivity index (χ1n) is 7.36. The van der Waals surface area contributed by atoms with E-state index in [0.29, 0.717) is 12.5 Å². The van der Waals surface area contributed by atoms with Crippen molar-refractivity contribution in [3.05, 3.63) is 48.5 Å².